The lowest BCUT2D eigenvalue weighted by Gasteiger charge is -2.13. The number of carbonyl (C=O) groups is 2. The number of methoxy groups -OCH3 is 1. The van der Waals surface area contributed by atoms with Crippen LogP contribution in [-0.2, 0) is 10.0 Å². The molecule has 0 aliphatic carbocycles. The maximum absolute atomic E-state index is 13.6. The molecule has 9 heteroatoms. The van der Waals surface area contributed by atoms with Gasteiger partial charge >= 0.3 is 5.97 Å². The average molecular weight is 514 g/mol. The average Bonchev–Trinajstić information content (AvgIpc) is 3.15. The van der Waals surface area contributed by atoms with Crippen molar-refractivity contribution in [2.75, 3.05) is 7.11 Å². The van der Waals surface area contributed by atoms with E-state index in [1.807, 2.05) is 0 Å². The number of benzene rings is 3. The van der Waals surface area contributed by atoms with Gasteiger partial charge in [0.15, 0.2) is 0 Å². The number of carbonyl (C=O) groups excluding carboxylic acids is 1. The maximum Gasteiger partial charge on any atom is 0.338 e. The molecule has 0 atom stereocenters. The first kappa shape index (κ1) is 21.8. The number of aromatic carboxylic acids is 1. The number of fused-ring (bicyclic) bond motifs is 1. The summed E-state index contributed by atoms with van der Waals surface area (Å²) in [6, 6.07) is 18.2. The van der Waals surface area contributed by atoms with E-state index in [2.05, 4.69) is 15.9 Å². The van der Waals surface area contributed by atoms with Gasteiger partial charge in [-0.2, -0.15) is 0 Å². The fourth-order valence-electron chi connectivity index (χ4n) is 3.52. The van der Waals surface area contributed by atoms with E-state index in [0.717, 1.165) is 3.97 Å². The second-order valence-electron chi connectivity index (χ2n) is 6.80. The number of nitrogens with zero attached hydrogens (tertiary/aromatic N) is 1. The number of hydrogen-bond acceptors (Lipinski definition) is 5. The Hall–Kier alpha value is -3.43. The summed E-state index contributed by atoms with van der Waals surface area (Å²) < 4.78 is 33.5. The van der Waals surface area contributed by atoms with Crippen LogP contribution in [0.15, 0.2) is 82.2 Å². The number of para-hydroxylation sites is 1. The molecular formula is C23H16BrNO6S. The Kier molecular flexibility index (Phi) is 5.62. The molecule has 0 aliphatic heterocycles. The normalized spacial score (nSPS) is 11.4. The van der Waals surface area contributed by atoms with Crippen LogP contribution in [0.1, 0.15) is 26.4 Å². The predicted octanol–water partition coefficient (Wildman–Crippen LogP) is 4.58. The molecule has 1 aromatic heterocycles. The lowest BCUT2D eigenvalue weighted by molar-refractivity contribution is 0.0694. The Labute approximate surface area is 192 Å². The predicted molar refractivity (Wildman–Crippen MR) is 122 cm³/mol. The monoisotopic (exact) mass is 513 g/mol. The standard InChI is InChI=1S/C23H16BrNO6S/c1-31-14-11-12-16(18(24)13-14)22(26)21-20(23(27)28)17-9-5-6-10-19(17)25(21)32(29,30)15-7-3-2-4-8-15/h2-13H,1H3,(H,27,28). The van der Waals surface area contributed by atoms with E-state index >= 15 is 0 Å². The van der Waals surface area contributed by atoms with Crippen molar-refractivity contribution < 1.29 is 27.9 Å². The van der Waals surface area contributed by atoms with Gasteiger partial charge in [0.05, 0.1) is 23.1 Å². The van der Waals surface area contributed by atoms with E-state index < -0.39 is 27.5 Å². The molecule has 32 heavy (non-hydrogen) atoms. The Bertz CT molecular complexity index is 1480. The molecule has 0 radical (unpaired) electrons. The van der Waals surface area contributed by atoms with Crippen LogP contribution in [-0.4, -0.2) is 36.4 Å². The zero-order valence-electron chi connectivity index (χ0n) is 16.7. The molecule has 4 rings (SSSR count). The highest BCUT2D eigenvalue weighted by Gasteiger charge is 2.34. The smallest absolute Gasteiger partial charge is 0.338 e. The van der Waals surface area contributed by atoms with Crippen LogP contribution >= 0.6 is 15.9 Å². The van der Waals surface area contributed by atoms with Gasteiger partial charge in [0.1, 0.15) is 11.4 Å². The SMILES string of the molecule is COc1ccc(C(=O)c2c(C(=O)O)c3ccccc3n2S(=O)(=O)c2ccccc2)c(Br)c1. The molecule has 0 bridgehead atoms. The number of hydrogen-bond donors (Lipinski definition) is 1. The first-order chi connectivity index (χ1) is 15.3. The third kappa shape index (κ3) is 3.49. The molecule has 4 aromatic rings. The van der Waals surface area contributed by atoms with Crippen LogP contribution in [0, 0.1) is 0 Å². The molecule has 0 saturated carbocycles. The van der Waals surface area contributed by atoms with E-state index in [1.54, 1.807) is 36.4 Å². The number of halogens is 1. The van der Waals surface area contributed by atoms with Gasteiger partial charge in [-0.25, -0.2) is 17.2 Å². The van der Waals surface area contributed by atoms with Crippen LogP contribution in [0.3, 0.4) is 0 Å². The minimum atomic E-state index is -4.30. The number of aromatic nitrogens is 1. The molecule has 162 valence electrons. The molecule has 0 saturated heterocycles. The molecular weight excluding hydrogens is 498 g/mol. The molecule has 0 aliphatic rings. The van der Waals surface area contributed by atoms with E-state index in [9.17, 15) is 23.1 Å². The lowest BCUT2D eigenvalue weighted by atomic mass is 10.0. The van der Waals surface area contributed by atoms with Crippen molar-refractivity contribution in [2.24, 2.45) is 0 Å². The molecule has 0 unspecified atom stereocenters. The highest BCUT2D eigenvalue weighted by molar-refractivity contribution is 9.10. The number of carboxylic acid groups (broad SMARTS) is 1. The van der Waals surface area contributed by atoms with Crippen LogP contribution in [0.2, 0.25) is 0 Å². The van der Waals surface area contributed by atoms with Crippen LogP contribution in [0.4, 0.5) is 0 Å². The summed E-state index contributed by atoms with van der Waals surface area (Å²) >= 11 is 3.30. The van der Waals surface area contributed by atoms with Crippen LogP contribution in [0.25, 0.3) is 10.9 Å². The number of ketones is 1. The summed E-state index contributed by atoms with van der Waals surface area (Å²) in [5.74, 6) is -1.69. The highest BCUT2D eigenvalue weighted by Crippen LogP contribution is 2.34. The number of ether oxygens (including phenoxy) is 1. The van der Waals surface area contributed by atoms with Gasteiger partial charge in [-0.3, -0.25) is 4.79 Å². The molecule has 0 fully saturated rings. The Morgan fingerprint density at radius 1 is 0.969 bits per heavy atom. The fourth-order valence-corrected chi connectivity index (χ4v) is 5.60. The van der Waals surface area contributed by atoms with Crippen molar-refractivity contribution in [3.05, 3.63) is 94.1 Å². The van der Waals surface area contributed by atoms with Gasteiger partial charge in [0.25, 0.3) is 10.0 Å². The number of carboxylic acids is 1. The van der Waals surface area contributed by atoms with Gasteiger partial charge in [0, 0.05) is 15.4 Å². The fraction of sp³-hybridized carbons (Fsp3) is 0.0435. The van der Waals surface area contributed by atoms with Crippen molar-refractivity contribution in [3.63, 3.8) is 0 Å². The van der Waals surface area contributed by atoms with Crippen molar-refractivity contribution >= 4 is 48.6 Å². The van der Waals surface area contributed by atoms with E-state index in [-0.39, 0.29) is 26.9 Å². The van der Waals surface area contributed by atoms with Gasteiger partial charge in [0.2, 0.25) is 5.78 Å². The summed E-state index contributed by atoms with van der Waals surface area (Å²) in [5, 5.41) is 10.1. The van der Waals surface area contributed by atoms with Crippen molar-refractivity contribution in [3.8, 4) is 5.75 Å². The Morgan fingerprint density at radius 2 is 1.62 bits per heavy atom. The zero-order valence-corrected chi connectivity index (χ0v) is 19.1. The second-order valence-corrected chi connectivity index (χ2v) is 9.44. The Morgan fingerprint density at radius 3 is 2.25 bits per heavy atom. The first-order valence-electron chi connectivity index (χ1n) is 9.33. The third-order valence-electron chi connectivity index (χ3n) is 4.96. The van der Waals surface area contributed by atoms with E-state index in [4.69, 9.17) is 4.74 Å². The molecule has 3 aromatic carbocycles. The molecule has 0 amide bonds. The summed E-state index contributed by atoms with van der Waals surface area (Å²) in [5.41, 5.74) is -0.636. The van der Waals surface area contributed by atoms with E-state index in [1.165, 1.54) is 43.5 Å². The van der Waals surface area contributed by atoms with Crippen molar-refractivity contribution in [1.29, 1.82) is 0 Å². The Balaban J connectivity index is 2.11. The summed E-state index contributed by atoms with van der Waals surface area (Å²) in [6.45, 7) is 0. The third-order valence-corrected chi connectivity index (χ3v) is 7.35. The zero-order chi connectivity index (χ0) is 23.0. The summed E-state index contributed by atoms with van der Waals surface area (Å²) in [7, 11) is -2.83. The maximum atomic E-state index is 13.6. The summed E-state index contributed by atoms with van der Waals surface area (Å²) in [4.78, 5) is 25.8. The minimum Gasteiger partial charge on any atom is -0.497 e. The second kappa shape index (κ2) is 8.25. The molecule has 1 N–H and O–H groups in total. The lowest BCUT2D eigenvalue weighted by Crippen LogP contribution is -2.21. The highest BCUT2D eigenvalue weighted by atomic mass is 79.9. The van der Waals surface area contributed by atoms with Crippen molar-refractivity contribution in [1.82, 2.24) is 3.97 Å². The van der Waals surface area contributed by atoms with Gasteiger partial charge < -0.3 is 9.84 Å². The summed E-state index contributed by atoms with van der Waals surface area (Å²) in [6.07, 6.45) is 0. The van der Waals surface area contributed by atoms with Crippen molar-refractivity contribution in [2.45, 2.75) is 4.90 Å². The minimum absolute atomic E-state index is 0.0689. The van der Waals surface area contributed by atoms with Crippen LogP contribution in [0.5, 0.6) is 5.75 Å². The van der Waals surface area contributed by atoms with E-state index in [0.29, 0.717) is 10.2 Å². The van der Waals surface area contributed by atoms with Gasteiger partial charge in [-0.05, 0) is 52.3 Å². The first-order valence-corrected chi connectivity index (χ1v) is 11.6. The van der Waals surface area contributed by atoms with Crippen LogP contribution < -0.4 is 4.74 Å². The molecule has 1 heterocycles. The quantitative estimate of drug-likeness (QED) is 0.378. The largest absolute Gasteiger partial charge is 0.497 e. The molecule has 7 nitrogen and oxygen atoms in total. The molecule has 0 spiro atoms. The number of rotatable bonds is 6. The van der Waals surface area contributed by atoms with Gasteiger partial charge in [-0.1, -0.05) is 36.4 Å². The van der Waals surface area contributed by atoms with Gasteiger partial charge in [-0.15, -0.1) is 0 Å². The topological polar surface area (TPSA) is 103 Å².